The van der Waals surface area contributed by atoms with Crippen molar-refractivity contribution >= 4 is 23.6 Å². The fourth-order valence-electron chi connectivity index (χ4n) is 2.77. The second kappa shape index (κ2) is 9.81. The van der Waals surface area contributed by atoms with Gasteiger partial charge in [-0.25, -0.2) is 0 Å². The summed E-state index contributed by atoms with van der Waals surface area (Å²) in [4.78, 5) is 14.5. The van der Waals surface area contributed by atoms with Crippen molar-refractivity contribution in [3.8, 4) is 5.75 Å². The van der Waals surface area contributed by atoms with Crippen LogP contribution < -0.4 is 4.74 Å². The van der Waals surface area contributed by atoms with Gasteiger partial charge in [-0.1, -0.05) is 53.6 Å². The van der Waals surface area contributed by atoms with Crippen LogP contribution in [0.4, 0.5) is 0 Å². The second-order valence-corrected chi connectivity index (χ2v) is 6.91. The largest absolute Gasteiger partial charge is 0.484 e. The topological polar surface area (TPSA) is 42.7 Å². The number of nitrogens with zero attached hydrogens (tertiary/aromatic N) is 1. The Morgan fingerprint density at radius 3 is 2.50 bits per heavy atom. The standard InChI is InChI=1S/C23H22ClNO3/c1-18(14-19-6-3-2-4-7-19)15-25(16-22-8-5-13-27-22)23(26)17-28-21-11-9-20(24)10-12-21/h2-14H,15-17H2,1H3/b18-14+. The van der Waals surface area contributed by atoms with Crippen LogP contribution >= 0.6 is 11.6 Å². The van der Waals surface area contributed by atoms with E-state index in [0.29, 0.717) is 23.9 Å². The number of ether oxygens (including phenoxy) is 1. The predicted octanol–water partition coefficient (Wildman–Crippen LogP) is 5.44. The first-order chi connectivity index (χ1) is 13.6. The van der Waals surface area contributed by atoms with Gasteiger partial charge in [0.15, 0.2) is 6.61 Å². The van der Waals surface area contributed by atoms with Crippen molar-refractivity contribution in [2.24, 2.45) is 0 Å². The maximum atomic E-state index is 12.8. The number of hydrogen-bond donors (Lipinski definition) is 0. The molecular weight excluding hydrogens is 374 g/mol. The average molecular weight is 396 g/mol. The highest BCUT2D eigenvalue weighted by Crippen LogP contribution is 2.16. The van der Waals surface area contributed by atoms with E-state index in [2.05, 4.69) is 6.08 Å². The summed E-state index contributed by atoms with van der Waals surface area (Å²) in [5, 5.41) is 0.625. The molecule has 144 valence electrons. The molecule has 0 aliphatic heterocycles. The Balaban J connectivity index is 1.67. The fraction of sp³-hybridized carbons (Fsp3) is 0.174. The molecule has 0 N–H and O–H groups in total. The number of hydrogen-bond acceptors (Lipinski definition) is 3. The molecule has 0 unspecified atom stereocenters. The third-order valence-electron chi connectivity index (χ3n) is 4.11. The molecular formula is C23H22ClNO3. The summed E-state index contributed by atoms with van der Waals surface area (Å²) in [6.07, 6.45) is 3.68. The Labute approximate surface area is 170 Å². The van der Waals surface area contributed by atoms with Gasteiger partial charge in [-0.05, 0) is 48.9 Å². The lowest BCUT2D eigenvalue weighted by atomic mass is 10.1. The highest BCUT2D eigenvalue weighted by Gasteiger charge is 2.16. The molecule has 0 bridgehead atoms. The van der Waals surface area contributed by atoms with Gasteiger partial charge in [-0.2, -0.15) is 0 Å². The maximum Gasteiger partial charge on any atom is 0.261 e. The molecule has 1 aromatic heterocycles. The maximum absolute atomic E-state index is 12.8. The van der Waals surface area contributed by atoms with Gasteiger partial charge in [0.2, 0.25) is 0 Å². The average Bonchev–Trinajstić information content (AvgIpc) is 3.21. The Kier molecular flexibility index (Phi) is 6.93. The monoisotopic (exact) mass is 395 g/mol. The molecule has 2 aromatic carbocycles. The lowest BCUT2D eigenvalue weighted by molar-refractivity contribution is -0.133. The minimum Gasteiger partial charge on any atom is -0.484 e. The molecule has 0 aliphatic carbocycles. The number of carbonyl (C=O) groups is 1. The molecule has 1 amide bonds. The highest BCUT2D eigenvalue weighted by molar-refractivity contribution is 6.30. The molecule has 1 heterocycles. The van der Waals surface area contributed by atoms with Crippen LogP contribution in [-0.4, -0.2) is 24.0 Å². The molecule has 0 saturated heterocycles. The number of carbonyl (C=O) groups excluding carboxylic acids is 1. The molecule has 0 saturated carbocycles. The smallest absolute Gasteiger partial charge is 0.261 e. The van der Waals surface area contributed by atoms with E-state index >= 15 is 0 Å². The van der Waals surface area contributed by atoms with Gasteiger partial charge in [-0.15, -0.1) is 0 Å². The van der Waals surface area contributed by atoms with Crippen LogP contribution in [0, 0.1) is 0 Å². The summed E-state index contributed by atoms with van der Waals surface area (Å²) >= 11 is 5.88. The molecule has 0 radical (unpaired) electrons. The van der Waals surface area contributed by atoms with E-state index in [0.717, 1.165) is 16.9 Å². The highest BCUT2D eigenvalue weighted by atomic mass is 35.5. The first kappa shape index (κ1) is 19.8. The molecule has 28 heavy (non-hydrogen) atoms. The lowest BCUT2D eigenvalue weighted by Crippen LogP contribution is -2.35. The second-order valence-electron chi connectivity index (χ2n) is 6.47. The van der Waals surface area contributed by atoms with Crippen LogP contribution in [0.1, 0.15) is 18.2 Å². The van der Waals surface area contributed by atoms with Crippen molar-refractivity contribution in [2.75, 3.05) is 13.2 Å². The van der Waals surface area contributed by atoms with Gasteiger partial charge in [0.25, 0.3) is 5.91 Å². The van der Waals surface area contributed by atoms with Crippen molar-refractivity contribution in [3.63, 3.8) is 0 Å². The third kappa shape index (κ3) is 6.03. The van der Waals surface area contributed by atoms with Crippen molar-refractivity contribution in [3.05, 3.63) is 94.9 Å². The van der Waals surface area contributed by atoms with E-state index in [1.54, 1.807) is 35.4 Å². The third-order valence-corrected chi connectivity index (χ3v) is 4.36. The minimum atomic E-state index is -0.118. The molecule has 0 fully saturated rings. The summed E-state index contributed by atoms with van der Waals surface area (Å²) in [5.41, 5.74) is 2.17. The zero-order valence-electron chi connectivity index (χ0n) is 15.7. The molecule has 0 atom stereocenters. The number of furan rings is 1. The van der Waals surface area contributed by atoms with Crippen LogP contribution in [0.25, 0.3) is 6.08 Å². The van der Waals surface area contributed by atoms with E-state index in [-0.39, 0.29) is 12.5 Å². The van der Waals surface area contributed by atoms with Gasteiger partial charge in [-0.3, -0.25) is 4.79 Å². The van der Waals surface area contributed by atoms with E-state index in [4.69, 9.17) is 20.8 Å². The van der Waals surface area contributed by atoms with Crippen LogP contribution in [0.5, 0.6) is 5.75 Å². The number of rotatable bonds is 8. The number of halogens is 1. The minimum absolute atomic E-state index is 0.0546. The summed E-state index contributed by atoms with van der Waals surface area (Å²) in [6.45, 7) is 2.82. The van der Waals surface area contributed by atoms with Crippen molar-refractivity contribution in [1.82, 2.24) is 4.90 Å². The van der Waals surface area contributed by atoms with E-state index in [1.165, 1.54) is 0 Å². The van der Waals surface area contributed by atoms with Gasteiger partial charge >= 0.3 is 0 Å². The van der Waals surface area contributed by atoms with E-state index < -0.39 is 0 Å². The summed E-state index contributed by atoms with van der Waals surface area (Å²) in [5.74, 6) is 1.21. The Morgan fingerprint density at radius 2 is 1.82 bits per heavy atom. The molecule has 5 heteroatoms. The van der Waals surface area contributed by atoms with E-state index in [9.17, 15) is 4.79 Å². The quantitative estimate of drug-likeness (QED) is 0.509. The van der Waals surface area contributed by atoms with Gasteiger partial charge in [0.1, 0.15) is 11.5 Å². The Morgan fingerprint density at radius 1 is 1.07 bits per heavy atom. The van der Waals surface area contributed by atoms with Crippen LogP contribution in [0.2, 0.25) is 5.02 Å². The fourth-order valence-corrected chi connectivity index (χ4v) is 2.90. The van der Waals surface area contributed by atoms with Gasteiger partial charge in [0.05, 0.1) is 12.8 Å². The van der Waals surface area contributed by atoms with Crippen molar-refractivity contribution < 1.29 is 13.9 Å². The molecule has 3 aromatic rings. The summed E-state index contributed by atoms with van der Waals surface area (Å²) in [7, 11) is 0. The molecule has 3 rings (SSSR count). The van der Waals surface area contributed by atoms with Crippen LogP contribution in [-0.2, 0) is 11.3 Å². The van der Waals surface area contributed by atoms with Crippen LogP contribution in [0.15, 0.2) is 83.0 Å². The number of benzene rings is 2. The lowest BCUT2D eigenvalue weighted by Gasteiger charge is -2.22. The molecule has 0 aliphatic rings. The zero-order valence-corrected chi connectivity index (χ0v) is 16.4. The first-order valence-corrected chi connectivity index (χ1v) is 9.39. The Hall–Kier alpha value is -2.98. The predicted molar refractivity (Wildman–Crippen MR) is 111 cm³/mol. The van der Waals surface area contributed by atoms with Crippen molar-refractivity contribution in [2.45, 2.75) is 13.5 Å². The van der Waals surface area contributed by atoms with Crippen molar-refractivity contribution in [1.29, 1.82) is 0 Å². The first-order valence-electron chi connectivity index (χ1n) is 9.01. The molecule has 4 nitrogen and oxygen atoms in total. The summed E-state index contributed by atoms with van der Waals surface area (Å²) in [6, 6.07) is 20.6. The van der Waals surface area contributed by atoms with Gasteiger partial charge in [0, 0.05) is 11.6 Å². The summed E-state index contributed by atoms with van der Waals surface area (Å²) < 4.78 is 11.0. The van der Waals surface area contributed by atoms with E-state index in [1.807, 2.05) is 49.4 Å². The van der Waals surface area contributed by atoms with Crippen LogP contribution in [0.3, 0.4) is 0 Å². The Bertz CT molecular complexity index is 903. The SMILES string of the molecule is C/C(=C\c1ccccc1)CN(Cc1ccco1)C(=O)COc1ccc(Cl)cc1. The zero-order chi connectivity index (χ0) is 19.8. The van der Waals surface area contributed by atoms with Gasteiger partial charge < -0.3 is 14.1 Å². The normalized spacial score (nSPS) is 11.3. The molecule has 0 spiro atoms. The number of amides is 1.